The predicted molar refractivity (Wildman–Crippen MR) is 112 cm³/mol. The predicted octanol–water partition coefficient (Wildman–Crippen LogP) is 4.58. The molecule has 0 aliphatic heterocycles. The monoisotopic (exact) mass is 386 g/mol. The Balaban J connectivity index is 1.66. The molecule has 0 spiro atoms. The molecule has 4 rings (SSSR count). The lowest BCUT2D eigenvalue weighted by Crippen LogP contribution is -2.06. The molecule has 0 aliphatic rings. The van der Waals surface area contributed by atoms with Crippen molar-refractivity contribution < 1.29 is 9.90 Å². The minimum absolute atomic E-state index is 0.304. The molecule has 0 fully saturated rings. The molecule has 6 heteroatoms. The number of nitrogens with zero attached hydrogens (tertiary/aromatic N) is 4. The summed E-state index contributed by atoms with van der Waals surface area (Å²) in [6.45, 7) is 2.82. The molecule has 0 saturated carbocycles. The van der Waals surface area contributed by atoms with Crippen molar-refractivity contribution in [2.45, 2.75) is 32.7 Å². The van der Waals surface area contributed by atoms with Gasteiger partial charge in [-0.2, -0.15) is 5.10 Å². The van der Waals surface area contributed by atoms with E-state index in [9.17, 15) is 9.90 Å². The standard InChI is InChI=1S/C23H22N4O2/c1-2-3-8-21-25-20-13-14-24-26-22(20)27(21)15-16-9-11-17(12-10-16)18-6-4-5-7-19(18)23(28)29/h4-7,9-14H,2-3,8,15H2,1H3,(H,28,29). The molecule has 0 unspecified atom stereocenters. The molecule has 0 aliphatic carbocycles. The molecule has 29 heavy (non-hydrogen) atoms. The fourth-order valence-electron chi connectivity index (χ4n) is 3.50. The quantitative estimate of drug-likeness (QED) is 0.503. The van der Waals surface area contributed by atoms with E-state index in [0.717, 1.165) is 47.4 Å². The summed E-state index contributed by atoms with van der Waals surface area (Å²) in [5.41, 5.74) is 4.65. The van der Waals surface area contributed by atoms with Gasteiger partial charge >= 0.3 is 5.97 Å². The van der Waals surface area contributed by atoms with Crippen molar-refractivity contribution in [3.05, 3.63) is 77.7 Å². The summed E-state index contributed by atoms with van der Waals surface area (Å²) in [6, 6.07) is 16.9. The van der Waals surface area contributed by atoms with E-state index in [2.05, 4.69) is 21.7 Å². The van der Waals surface area contributed by atoms with Crippen LogP contribution < -0.4 is 0 Å². The van der Waals surface area contributed by atoms with Gasteiger partial charge in [0, 0.05) is 6.42 Å². The molecule has 146 valence electrons. The minimum atomic E-state index is -0.922. The topological polar surface area (TPSA) is 80.9 Å². The van der Waals surface area contributed by atoms with E-state index >= 15 is 0 Å². The van der Waals surface area contributed by atoms with Crippen LogP contribution in [0.3, 0.4) is 0 Å². The van der Waals surface area contributed by atoms with Crippen molar-refractivity contribution in [2.75, 3.05) is 0 Å². The Hall–Kier alpha value is -3.54. The number of imidazole rings is 1. The number of rotatable bonds is 7. The maximum Gasteiger partial charge on any atom is 0.336 e. The smallest absolute Gasteiger partial charge is 0.336 e. The van der Waals surface area contributed by atoms with Gasteiger partial charge in [-0.05, 0) is 35.2 Å². The Morgan fingerprint density at radius 1 is 1.07 bits per heavy atom. The van der Waals surface area contributed by atoms with Crippen molar-refractivity contribution >= 4 is 17.1 Å². The molecule has 0 atom stereocenters. The van der Waals surface area contributed by atoms with E-state index in [-0.39, 0.29) is 0 Å². The summed E-state index contributed by atoms with van der Waals surface area (Å²) in [5, 5.41) is 17.7. The summed E-state index contributed by atoms with van der Waals surface area (Å²) in [6.07, 6.45) is 4.74. The summed E-state index contributed by atoms with van der Waals surface area (Å²) in [5.74, 6) is 0.0938. The van der Waals surface area contributed by atoms with Gasteiger partial charge in [-0.1, -0.05) is 55.8 Å². The number of hydrogen-bond acceptors (Lipinski definition) is 4. The molecule has 0 bridgehead atoms. The van der Waals surface area contributed by atoms with E-state index < -0.39 is 5.97 Å². The fraction of sp³-hybridized carbons (Fsp3) is 0.217. The zero-order valence-corrected chi connectivity index (χ0v) is 16.2. The van der Waals surface area contributed by atoms with Crippen molar-refractivity contribution in [3.63, 3.8) is 0 Å². The summed E-state index contributed by atoms with van der Waals surface area (Å²) >= 11 is 0. The van der Waals surface area contributed by atoms with Crippen molar-refractivity contribution in [1.29, 1.82) is 0 Å². The van der Waals surface area contributed by atoms with Crippen LogP contribution in [0.15, 0.2) is 60.8 Å². The highest BCUT2D eigenvalue weighted by atomic mass is 16.4. The van der Waals surface area contributed by atoms with Gasteiger partial charge in [0.2, 0.25) is 0 Å². The highest BCUT2D eigenvalue weighted by molar-refractivity contribution is 5.96. The largest absolute Gasteiger partial charge is 0.478 e. The third kappa shape index (κ3) is 3.87. The molecule has 2 aromatic carbocycles. The number of carboxylic acid groups (broad SMARTS) is 1. The zero-order valence-electron chi connectivity index (χ0n) is 16.2. The first-order chi connectivity index (χ1) is 14.2. The van der Waals surface area contributed by atoms with Crippen LogP contribution in [0.5, 0.6) is 0 Å². The number of unbranched alkanes of at least 4 members (excludes halogenated alkanes) is 1. The lowest BCUT2D eigenvalue weighted by Gasteiger charge is -2.10. The second-order valence-corrected chi connectivity index (χ2v) is 7.01. The van der Waals surface area contributed by atoms with Crippen molar-refractivity contribution in [3.8, 4) is 11.1 Å². The van der Waals surface area contributed by atoms with Gasteiger partial charge in [-0.15, -0.1) is 5.10 Å². The Morgan fingerprint density at radius 3 is 2.62 bits per heavy atom. The number of carbonyl (C=O) groups is 1. The number of aromatic carboxylic acids is 1. The van der Waals surface area contributed by atoms with E-state index in [1.165, 1.54) is 0 Å². The van der Waals surface area contributed by atoms with Gasteiger partial charge in [0.25, 0.3) is 0 Å². The molecular formula is C23H22N4O2. The molecule has 2 heterocycles. The maximum absolute atomic E-state index is 11.5. The van der Waals surface area contributed by atoms with Gasteiger partial charge in [0.05, 0.1) is 18.3 Å². The van der Waals surface area contributed by atoms with Crippen LogP contribution in [0.25, 0.3) is 22.3 Å². The van der Waals surface area contributed by atoms with Gasteiger partial charge < -0.3 is 9.67 Å². The van der Waals surface area contributed by atoms with E-state index in [1.54, 1.807) is 18.3 Å². The lowest BCUT2D eigenvalue weighted by atomic mass is 9.99. The van der Waals surface area contributed by atoms with E-state index in [1.807, 2.05) is 42.5 Å². The van der Waals surface area contributed by atoms with Gasteiger partial charge in [-0.3, -0.25) is 0 Å². The molecular weight excluding hydrogens is 364 g/mol. The highest BCUT2D eigenvalue weighted by Gasteiger charge is 2.13. The Morgan fingerprint density at radius 2 is 1.86 bits per heavy atom. The highest BCUT2D eigenvalue weighted by Crippen LogP contribution is 2.25. The third-order valence-corrected chi connectivity index (χ3v) is 5.01. The molecule has 0 amide bonds. The first-order valence-electron chi connectivity index (χ1n) is 9.76. The first-order valence-corrected chi connectivity index (χ1v) is 9.76. The molecule has 4 aromatic rings. The molecule has 2 aromatic heterocycles. The molecule has 0 saturated heterocycles. The van der Waals surface area contributed by atoms with E-state index in [4.69, 9.17) is 4.98 Å². The maximum atomic E-state index is 11.5. The van der Waals surface area contributed by atoms with Crippen LogP contribution >= 0.6 is 0 Å². The van der Waals surface area contributed by atoms with E-state index in [0.29, 0.717) is 17.7 Å². The summed E-state index contributed by atoms with van der Waals surface area (Å²) < 4.78 is 2.12. The van der Waals surface area contributed by atoms with Gasteiger partial charge in [0.1, 0.15) is 11.3 Å². The number of carboxylic acids is 1. The minimum Gasteiger partial charge on any atom is -0.478 e. The first kappa shape index (κ1) is 18.8. The van der Waals surface area contributed by atoms with Gasteiger partial charge in [0.15, 0.2) is 5.65 Å². The second kappa shape index (κ2) is 8.22. The average Bonchev–Trinajstić information content (AvgIpc) is 3.10. The van der Waals surface area contributed by atoms with Crippen LogP contribution in [-0.4, -0.2) is 30.8 Å². The Kier molecular flexibility index (Phi) is 5.33. The fourth-order valence-corrected chi connectivity index (χ4v) is 3.50. The lowest BCUT2D eigenvalue weighted by molar-refractivity contribution is 0.0697. The SMILES string of the molecule is CCCCc1nc2ccnnc2n1Cc1ccc(-c2ccccc2C(=O)O)cc1. The summed E-state index contributed by atoms with van der Waals surface area (Å²) in [4.78, 5) is 16.2. The van der Waals surface area contributed by atoms with Crippen LogP contribution in [-0.2, 0) is 13.0 Å². The molecule has 0 radical (unpaired) electrons. The average molecular weight is 386 g/mol. The van der Waals surface area contributed by atoms with Crippen molar-refractivity contribution in [1.82, 2.24) is 19.7 Å². The number of benzene rings is 2. The second-order valence-electron chi connectivity index (χ2n) is 7.01. The molecule has 1 N–H and O–H groups in total. The zero-order chi connectivity index (χ0) is 20.2. The van der Waals surface area contributed by atoms with Gasteiger partial charge in [-0.25, -0.2) is 9.78 Å². The van der Waals surface area contributed by atoms with Crippen LogP contribution in [0, 0.1) is 0 Å². The summed E-state index contributed by atoms with van der Waals surface area (Å²) in [7, 11) is 0. The normalized spacial score (nSPS) is 11.1. The number of fused-ring (bicyclic) bond motifs is 1. The van der Waals surface area contributed by atoms with Crippen LogP contribution in [0.4, 0.5) is 0 Å². The van der Waals surface area contributed by atoms with Crippen LogP contribution in [0.2, 0.25) is 0 Å². The van der Waals surface area contributed by atoms with Crippen molar-refractivity contribution in [2.24, 2.45) is 0 Å². The van der Waals surface area contributed by atoms with Crippen LogP contribution in [0.1, 0.15) is 41.5 Å². The Bertz CT molecular complexity index is 1150. The third-order valence-electron chi connectivity index (χ3n) is 5.01. The number of aryl methyl sites for hydroxylation is 1. The number of hydrogen-bond donors (Lipinski definition) is 1. The number of aromatic nitrogens is 4. The Labute approximate surface area is 168 Å². The molecule has 6 nitrogen and oxygen atoms in total.